The molecule has 10 heteroatoms. The number of aryl methyl sites for hydroxylation is 3. The van der Waals surface area contributed by atoms with Crippen LogP contribution in [0.5, 0.6) is 0 Å². The average Bonchev–Trinajstić information content (AvgIpc) is 3.24. The highest BCUT2D eigenvalue weighted by atomic mass is 19.2. The summed E-state index contributed by atoms with van der Waals surface area (Å²) < 4.78 is 31.7. The zero-order valence-electron chi connectivity index (χ0n) is 23.0. The van der Waals surface area contributed by atoms with Gasteiger partial charge in [-0.3, -0.25) is 19.1 Å². The Morgan fingerprint density at radius 3 is 2.42 bits per heavy atom. The van der Waals surface area contributed by atoms with E-state index < -0.39 is 47.9 Å². The number of carbonyl (C=O) groups excluding carboxylic acids is 2. The maximum absolute atomic E-state index is 15.3. The van der Waals surface area contributed by atoms with E-state index in [1.165, 1.54) is 15.6 Å². The number of likely N-dealkylation sites (tertiary alicyclic amines) is 1. The monoisotopic (exact) mass is 550 g/mol. The van der Waals surface area contributed by atoms with Crippen molar-refractivity contribution in [1.29, 1.82) is 0 Å². The number of aliphatic carboxylic acids is 1. The van der Waals surface area contributed by atoms with E-state index in [0.717, 1.165) is 17.2 Å². The van der Waals surface area contributed by atoms with Gasteiger partial charge in [-0.1, -0.05) is 32.0 Å². The molecule has 4 atom stereocenters. The van der Waals surface area contributed by atoms with E-state index in [4.69, 9.17) is 0 Å². The van der Waals surface area contributed by atoms with Crippen LogP contribution in [0.15, 0.2) is 42.6 Å². The average molecular weight is 551 g/mol. The van der Waals surface area contributed by atoms with E-state index in [1.54, 1.807) is 19.3 Å². The molecule has 210 valence electrons. The third kappa shape index (κ3) is 4.65. The Hall–Kier alpha value is -4.08. The van der Waals surface area contributed by atoms with Crippen LogP contribution in [0.1, 0.15) is 53.5 Å². The molecule has 2 heterocycles. The van der Waals surface area contributed by atoms with Crippen molar-refractivity contribution in [2.75, 3.05) is 6.54 Å². The lowest BCUT2D eigenvalue weighted by molar-refractivity contribution is -0.138. The molecular formula is C30H32F2N4O4. The lowest BCUT2D eigenvalue weighted by Crippen LogP contribution is -2.51. The SMILES string of the molecule is Cc1cccc(C)c1-c1cc(F)c(F)c([C@H](CC(=O)O)NC(=O)[C@@H]2[C@@H]3[C@H](CN2C(=O)c2ccn(C)n2)C3(C)C)c1. The quantitative estimate of drug-likeness (QED) is 0.454. The second-order valence-corrected chi connectivity index (χ2v) is 11.5. The molecule has 0 unspecified atom stereocenters. The van der Waals surface area contributed by atoms with E-state index in [9.17, 15) is 23.9 Å². The number of hydrogen-bond acceptors (Lipinski definition) is 4. The minimum Gasteiger partial charge on any atom is -0.481 e. The highest BCUT2D eigenvalue weighted by molar-refractivity contribution is 5.97. The number of hydrogen-bond donors (Lipinski definition) is 2. The topological polar surface area (TPSA) is 105 Å². The Labute approximate surface area is 231 Å². The number of rotatable bonds is 7. The van der Waals surface area contributed by atoms with Gasteiger partial charge in [-0.05, 0) is 71.6 Å². The largest absolute Gasteiger partial charge is 0.481 e. The molecule has 1 aliphatic carbocycles. The third-order valence-corrected chi connectivity index (χ3v) is 8.57. The van der Waals surface area contributed by atoms with Crippen molar-refractivity contribution < 1.29 is 28.3 Å². The first-order valence-electron chi connectivity index (χ1n) is 13.2. The van der Waals surface area contributed by atoms with Gasteiger partial charge in [0, 0.05) is 25.4 Å². The van der Waals surface area contributed by atoms with E-state index >= 15 is 4.39 Å². The van der Waals surface area contributed by atoms with Crippen LogP contribution in [0.4, 0.5) is 8.78 Å². The van der Waals surface area contributed by atoms with Gasteiger partial charge in [0.05, 0.1) is 12.5 Å². The summed E-state index contributed by atoms with van der Waals surface area (Å²) in [5.74, 6) is -4.75. The molecule has 0 radical (unpaired) electrons. The summed E-state index contributed by atoms with van der Waals surface area (Å²) in [5.41, 5.74) is 2.49. The molecule has 2 fully saturated rings. The summed E-state index contributed by atoms with van der Waals surface area (Å²) in [6.07, 6.45) is 0.961. The van der Waals surface area contributed by atoms with Crippen LogP contribution in [0.3, 0.4) is 0 Å². The number of fused-ring (bicyclic) bond motifs is 1. The summed E-state index contributed by atoms with van der Waals surface area (Å²) in [6, 6.07) is 7.33. The van der Waals surface area contributed by atoms with Crippen LogP contribution in [-0.4, -0.2) is 50.2 Å². The number of nitrogens with one attached hydrogen (secondary N) is 1. The zero-order chi connectivity index (χ0) is 29.1. The number of carboxylic acids is 1. The highest BCUT2D eigenvalue weighted by Crippen LogP contribution is 2.65. The molecule has 0 spiro atoms. The molecule has 2 amide bonds. The first-order chi connectivity index (χ1) is 18.8. The minimum absolute atomic E-state index is 0.0791. The Balaban J connectivity index is 1.51. The third-order valence-electron chi connectivity index (χ3n) is 8.57. The number of aromatic nitrogens is 2. The van der Waals surface area contributed by atoms with Gasteiger partial charge >= 0.3 is 5.97 Å². The fraction of sp³-hybridized carbons (Fsp3) is 0.400. The van der Waals surface area contributed by atoms with Crippen LogP contribution in [0.2, 0.25) is 0 Å². The predicted molar refractivity (Wildman–Crippen MR) is 143 cm³/mol. The van der Waals surface area contributed by atoms with E-state index in [0.29, 0.717) is 17.7 Å². The number of piperidine rings is 1. The minimum atomic E-state index is -1.36. The van der Waals surface area contributed by atoms with Crippen LogP contribution >= 0.6 is 0 Å². The van der Waals surface area contributed by atoms with Crippen molar-refractivity contribution in [2.24, 2.45) is 24.3 Å². The molecule has 1 aromatic heterocycles. The summed E-state index contributed by atoms with van der Waals surface area (Å²) in [5, 5.41) is 16.5. The number of amides is 2. The van der Waals surface area contributed by atoms with E-state index in [1.807, 2.05) is 45.9 Å². The van der Waals surface area contributed by atoms with Crippen molar-refractivity contribution in [3.8, 4) is 11.1 Å². The van der Waals surface area contributed by atoms with Crippen molar-refractivity contribution in [3.63, 3.8) is 0 Å². The maximum atomic E-state index is 15.3. The van der Waals surface area contributed by atoms with Gasteiger partial charge in [-0.2, -0.15) is 5.10 Å². The number of nitrogens with zero attached hydrogens (tertiary/aromatic N) is 3. The Kier molecular flexibility index (Phi) is 6.76. The second-order valence-electron chi connectivity index (χ2n) is 11.5. The fourth-order valence-electron chi connectivity index (χ4n) is 6.42. The smallest absolute Gasteiger partial charge is 0.305 e. The lowest BCUT2D eigenvalue weighted by Gasteiger charge is -2.31. The molecule has 3 aromatic rings. The molecule has 8 nitrogen and oxygen atoms in total. The van der Waals surface area contributed by atoms with Crippen LogP contribution < -0.4 is 5.32 Å². The molecule has 1 saturated heterocycles. The van der Waals surface area contributed by atoms with Gasteiger partial charge in [0.25, 0.3) is 5.91 Å². The Bertz CT molecular complexity index is 1510. The number of halogens is 2. The van der Waals surface area contributed by atoms with E-state index in [-0.39, 0.29) is 28.5 Å². The van der Waals surface area contributed by atoms with Crippen molar-refractivity contribution in [2.45, 2.75) is 46.2 Å². The highest BCUT2D eigenvalue weighted by Gasteiger charge is 2.69. The van der Waals surface area contributed by atoms with Crippen LogP contribution in [0, 0.1) is 42.7 Å². The summed E-state index contributed by atoms with van der Waals surface area (Å²) >= 11 is 0. The van der Waals surface area contributed by atoms with Gasteiger partial charge in [-0.25, -0.2) is 8.78 Å². The summed E-state index contributed by atoms with van der Waals surface area (Å²) in [7, 11) is 1.68. The van der Waals surface area contributed by atoms with Crippen LogP contribution in [0.25, 0.3) is 11.1 Å². The normalized spacial score (nSPS) is 21.6. The van der Waals surface area contributed by atoms with Crippen molar-refractivity contribution in [1.82, 2.24) is 20.0 Å². The number of benzene rings is 2. The maximum Gasteiger partial charge on any atom is 0.305 e. The first-order valence-corrected chi connectivity index (χ1v) is 13.2. The van der Waals surface area contributed by atoms with Gasteiger partial charge in [-0.15, -0.1) is 0 Å². The zero-order valence-corrected chi connectivity index (χ0v) is 23.0. The molecule has 40 heavy (non-hydrogen) atoms. The lowest BCUT2D eigenvalue weighted by atomic mass is 9.92. The van der Waals surface area contributed by atoms with Gasteiger partial charge < -0.3 is 15.3 Å². The van der Waals surface area contributed by atoms with Crippen LogP contribution in [-0.2, 0) is 16.6 Å². The second kappa shape index (κ2) is 9.83. The molecular weight excluding hydrogens is 518 g/mol. The van der Waals surface area contributed by atoms with Gasteiger partial charge in [0.2, 0.25) is 5.91 Å². The van der Waals surface area contributed by atoms with Gasteiger partial charge in [0.15, 0.2) is 11.6 Å². The molecule has 2 aliphatic rings. The molecule has 1 saturated carbocycles. The molecule has 1 aliphatic heterocycles. The summed E-state index contributed by atoms with van der Waals surface area (Å²) in [6.45, 7) is 8.08. The standard InChI is InChI=1S/C30H32F2N4O4/c1-15-7-6-8-16(2)24(15)17-11-18(26(32)20(31)12-17)22(13-23(37)38)33-28(39)27-25-19(30(25,3)4)14-36(27)29(40)21-9-10-35(5)34-21/h6-12,19,22,25,27H,13-14H2,1-5H3,(H,33,39)(H,37,38)/t19-,22-,25-,27-/m0/s1. The fourth-order valence-corrected chi connectivity index (χ4v) is 6.42. The summed E-state index contributed by atoms with van der Waals surface area (Å²) in [4.78, 5) is 40.4. The molecule has 2 aromatic carbocycles. The molecule has 0 bridgehead atoms. The Morgan fingerprint density at radius 1 is 1.15 bits per heavy atom. The van der Waals surface area contributed by atoms with Gasteiger partial charge in [0.1, 0.15) is 11.7 Å². The number of carbonyl (C=O) groups is 3. The molecule has 5 rings (SSSR count). The first kappa shape index (κ1) is 27.5. The van der Waals surface area contributed by atoms with Crippen molar-refractivity contribution in [3.05, 3.63) is 76.6 Å². The molecule has 2 N–H and O–H groups in total. The van der Waals surface area contributed by atoms with Crippen molar-refractivity contribution >= 4 is 17.8 Å². The predicted octanol–water partition coefficient (Wildman–Crippen LogP) is 4.41. The number of carboxylic acid groups (broad SMARTS) is 1. The Morgan fingerprint density at radius 2 is 1.82 bits per heavy atom. The van der Waals surface area contributed by atoms with E-state index in [2.05, 4.69) is 10.4 Å².